The second kappa shape index (κ2) is 7.82. The van der Waals surface area contributed by atoms with Gasteiger partial charge in [0.05, 0.1) is 0 Å². The number of hydrogen-bond donors (Lipinski definition) is 1. The minimum atomic E-state index is 0.589. The molecule has 0 unspecified atom stereocenters. The Balaban J connectivity index is 1.87. The summed E-state index contributed by atoms with van der Waals surface area (Å²) in [4.78, 5) is 1.31. The molecule has 2 aromatic rings. The van der Waals surface area contributed by atoms with E-state index in [0.29, 0.717) is 6.54 Å². The van der Waals surface area contributed by atoms with Crippen LogP contribution in [0.3, 0.4) is 0 Å². The zero-order chi connectivity index (χ0) is 13.3. The van der Waals surface area contributed by atoms with Gasteiger partial charge in [0, 0.05) is 17.2 Å². The largest absolute Gasteiger partial charge is 0.327 e. The van der Waals surface area contributed by atoms with Gasteiger partial charge in [0.25, 0.3) is 0 Å². The number of aryl methyl sites for hydroxylation is 1. The van der Waals surface area contributed by atoms with Gasteiger partial charge in [0.2, 0.25) is 0 Å². The van der Waals surface area contributed by atoms with Gasteiger partial charge < -0.3 is 5.73 Å². The van der Waals surface area contributed by atoms with Crippen LogP contribution in [0.4, 0.5) is 0 Å². The first-order valence-electron chi connectivity index (χ1n) is 6.52. The Morgan fingerprint density at radius 3 is 2.63 bits per heavy atom. The van der Waals surface area contributed by atoms with Crippen LogP contribution in [0.2, 0.25) is 0 Å². The first kappa shape index (κ1) is 13.9. The Bertz CT molecular complexity index is 520. The molecule has 0 fully saturated rings. The van der Waals surface area contributed by atoms with Gasteiger partial charge in [-0.25, -0.2) is 0 Å². The molecule has 2 heteroatoms. The van der Waals surface area contributed by atoms with E-state index in [9.17, 15) is 0 Å². The van der Waals surface area contributed by atoms with Gasteiger partial charge in [-0.3, -0.25) is 0 Å². The molecule has 0 saturated heterocycles. The van der Waals surface area contributed by atoms with Crippen LogP contribution in [-0.4, -0.2) is 12.3 Å². The molecular formula is C17H19NS. The van der Waals surface area contributed by atoms with E-state index >= 15 is 0 Å². The third-order valence-corrected chi connectivity index (χ3v) is 3.80. The Kier molecular flexibility index (Phi) is 5.73. The number of thioether (sulfide) groups is 1. The Labute approximate surface area is 119 Å². The van der Waals surface area contributed by atoms with E-state index in [0.717, 1.165) is 12.2 Å². The van der Waals surface area contributed by atoms with E-state index in [-0.39, 0.29) is 0 Å². The van der Waals surface area contributed by atoms with Crippen LogP contribution in [0.1, 0.15) is 11.1 Å². The second-order valence-electron chi connectivity index (χ2n) is 4.29. The maximum atomic E-state index is 5.47. The predicted octanol–water partition coefficient (Wildman–Crippen LogP) is 3.99. The lowest BCUT2D eigenvalue weighted by Gasteiger charge is -2.03. The lowest BCUT2D eigenvalue weighted by atomic mass is 10.2. The summed E-state index contributed by atoms with van der Waals surface area (Å²) in [6.07, 6.45) is 5.16. The number of hydrogen-bond acceptors (Lipinski definition) is 2. The fourth-order valence-electron chi connectivity index (χ4n) is 1.84. The number of rotatable bonds is 6. The van der Waals surface area contributed by atoms with Crippen molar-refractivity contribution in [2.75, 3.05) is 12.3 Å². The van der Waals surface area contributed by atoms with Crippen molar-refractivity contribution in [3.8, 4) is 0 Å². The SMILES string of the molecule is NCC=Cc1cccc(SCCc2ccccc2)c1. The molecule has 1 nitrogen and oxygen atoms in total. The van der Waals surface area contributed by atoms with Crippen molar-refractivity contribution in [1.29, 1.82) is 0 Å². The molecule has 0 atom stereocenters. The van der Waals surface area contributed by atoms with Crippen LogP contribution in [-0.2, 0) is 6.42 Å². The first-order valence-corrected chi connectivity index (χ1v) is 7.50. The lowest BCUT2D eigenvalue weighted by molar-refractivity contribution is 1.15. The molecule has 0 heterocycles. The molecule has 0 bridgehead atoms. The molecular weight excluding hydrogens is 250 g/mol. The summed E-state index contributed by atoms with van der Waals surface area (Å²) in [7, 11) is 0. The smallest absolute Gasteiger partial charge is 0.0110 e. The van der Waals surface area contributed by atoms with Crippen molar-refractivity contribution in [2.24, 2.45) is 5.73 Å². The molecule has 0 aliphatic heterocycles. The van der Waals surface area contributed by atoms with Crippen molar-refractivity contribution in [3.05, 3.63) is 71.8 Å². The summed E-state index contributed by atoms with van der Waals surface area (Å²) in [6, 6.07) is 19.2. The molecule has 2 rings (SSSR count). The minimum absolute atomic E-state index is 0.589. The van der Waals surface area contributed by atoms with Crippen molar-refractivity contribution in [3.63, 3.8) is 0 Å². The van der Waals surface area contributed by atoms with Gasteiger partial charge in [-0.1, -0.05) is 54.6 Å². The summed E-state index contributed by atoms with van der Waals surface area (Å²) in [6.45, 7) is 0.589. The molecule has 19 heavy (non-hydrogen) atoms. The fourth-order valence-corrected chi connectivity index (χ4v) is 2.81. The highest BCUT2D eigenvalue weighted by atomic mass is 32.2. The van der Waals surface area contributed by atoms with Gasteiger partial charge in [0.15, 0.2) is 0 Å². The zero-order valence-electron chi connectivity index (χ0n) is 11.0. The van der Waals surface area contributed by atoms with Gasteiger partial charge in [-0.2, -0.15) is 0 Å². The molecule has 0 aliphatic carbocycles. The van der Waals surface area contributed by atoms with Crippen LogP contribution in [0.25, 0.3) is 6.08 Å². The highest BCUT2D eigenvalue weighted by Crippen LogP contribution is 2.21. The van der Waals surface area contributed by atoms with E-state index in [1.807, 2.05) is 17.8 Å². The molecule has 0 aliphatic rings. The Morgan fingerprint density at radius 1 is 1.00 bits per heavy atom. The summed E-state index contributed by atoms with van der Waals surface area (Å²) in [5, 5.41) is 0. The molecule has 98 valence electrons. The Hall–Kier alpha value is -1.51. The molecule has 2 N–H and O–H groups in total. The van der Waals surface area contributed by atoms with Gasteiger partial charge >= 0.3 is 0 Å². The average molecular weight is 269 g/mol. The van der Waals surface area contributed by atoms with E-state index in [4.69, 9.17) is 5.73 Å². The Morgan fingerprint density at radius 2 is 1.84 bits per heavy atom. The predicted molar refractivity (Wildman–Crippen MR) is 85.4 cm³/mol. The van der Waals surface area contributed by atoms with E-state index < -0.39 is 0 Å². The molecule has 0 aromatic heterocycles. The van der Waals surface area contributed by atoms with Crippen LogP contribution >= 0.6 is 11.8 Å². The van der Waals surface area contributed by atoms with Crippen molar-refractivity contribution < 1.29 is 0 Å². The highest BCUT2D eigenvalue weighted by Gasteiger charge is 1.96. The number of nitrogens with two attached hydrogens (primary N) is 1. The third-order valence-electron chi connectivity index (χ3n) is 2.81. The summed E-state index contributed by atoms with van der Waals surface area (Å²) >= 11 is 1.90. The zero-order valence-corrected chi connectivity index (χ0v) is 11.8. The lowest BCUT2D eigenvalue weighted by Crippen LogP contribution is -1.92. The fraction of sp³-hybridized carbons (Fsp3) is 0.176. The van der Waals surface area contributed by atoms with Crippen LogP contribution < -0.4 is 5.73 Å². The summed E-state index contributed by atoms with van der Waals surface area (Å²) in [5.41, 5.74) is 8.08. The van der Waals surface area contributed by atoms with Gasteiger partial charge in [0.1, 0.15) is 0 Å². The van der Waals surface area contributed by atoms with Crippen LogP contribution in [0, 0.1) is 0 Å². The summed E-state index contributed by atoms with van der Waals surface area (Å²) in [5.74, 6) is 1.11. The summed E-state index contributed by atoms with van der Waals surface area (Å²) < 4.78 is 0. The van der Waals surface area contributed by atoms with E-state index in [1.165, 1.54) is 16.0 Å². The monoisotopic (exact) mass is 269 g/mol. The van der Waals surface area contributed by atoms with Crippen molar-refractivity contribution in [2.45, 2.75) is 11.3 Å². The van der Waals surface area contributed by atoms with Gasteiger partial charge in [-0.15, -0.1) is 11.8 Å². The second-order valence-corrected chi connectivity index (χ2v) is 5.46. The maximum absolute atomic E-state index is 5.47. The minimum Gasteiger partial charge on any atom is -0.327 e. The third kappa shape index (κ3) is 4.93. The quantitative estimate of drug-likeness (QED) is 0.802. The molecule has 2 aromatic carbocycles. The topological polar surface area (TPSA) is 26.0 Å². The standard InChI is InChI=1S/C17H19NS/c18-12-5-9-16-8-4-10-17(14-16)19-13-11-15-6-2-1-3-7-15/h1-10,14H,11-13,18H2. The normalized spacial score (nSPS) is 11.0. The van der Waals surface area contributed by atoms with Gasteiger partial charge in [-0.05, 0) is 29.7 Å². The highest BCUT2D eigenvalue weighted by molar-refractivity contribution is 7.99. The van der Waals surface area contributed by atoms with Crippen molar-refractivity contribution in [1.82, 2.24) is 0 Å². The van der Waals surface area contributed by atoms with Crippen molar-refractivity contribution >= 4 is 17.8 Å². The maximum Gasteiger partial charge on any atom is 0.0110 e. The first-order chi connectivity index (χ1) is 9.38. The molecule has 0 saturated carbocycles. The molecule has 0 radical (unpaired) electrons. The van der Waals surface area contributed by atoms with Crippen LogP contribution in [0.5, 0.6) is 0 Å². The number of benzene rings is 2. The van der Waals surface area contributed by atoms with E-state index in [2.05, 4.69) is 60.7 Å². The van der Waals surface area contributed by atoms with E-state index in [1.54, 1.807) is 0 Å². The average Bonchev–Trinajstić information content (AvgIpc) is 2.47. The molecule has 0 amide bonds. The van der Waals surface area contributed by atoms with Crippen LogP contribution in [0.15, 0.2) is 65.6 Å². The molecule has 0 spiro atoms.